The second-order valence-corrected chi connectivity index (χ2v) is 8.36. The maximum Gasteiger partial charge on any atom is 0.270 e. The van der Waals surface area contributed by atoms with E-state index in [0.717, 1.165) is 55.8 Å². The van der Waals surface area contributed by atoms with Gasteiger partial charge >= 0.3 is 0 Å². The number of rotatable bonds is 8. The maximum absolute atomic E-state index is 12.7. The van der Waals surface area contributed by atoms with Crippen molar-refractivity contribution in [1.82, 2.24) is 30.0 Å². The van der Waals surface area contributed by atoms with Crippen molar-refractivity contribution in [2.24, 2.45) is 5.92 Å². The van der Waals surface area contributed by atoms with E-state index in [4.69, 9.17) is 9.15 Å². The summed E-state index contributed by atoms with van der Waals surface area (Å²) in [6.07, 6.45) is 2.41. The average molecular weight is 439 g/mol. The van der Waals surface area contributed by atoms with E-state index >= 15 is 0 Å². The van der Waals surface area contributed by atoms with Gasteiger partial charge in [-0.2, -0.15) is 0 Å². The molecule has 0 radical (unpaired) electrons. The molecular formula is C23H30N6O3. The van der Waals surface area contributed by atoms with Crippen molar-refractivity contribution in [3.63, 3.8) is 0 Å². The monoisotopic (exact) mass is 438 g/mol. The summed E-state index contributed by atoms with van der Waals surface area (Å²) in [7, 11) is 1.66. The zero-order valence-corrected chi connectivity index (χ0v) is 18.8. The number of aromatic nitrogens is 4. The molecule has 0 aliphatic carbocycles. The standard InChI is InChI=1S/C23H30N6O3/c1-16(2)21(25-23(30)19-6-4-5-10-24-19)22-27-26-20-9-11-28(12-13-29(20)22)14-17-7-8-18(32-17)15-31-3/h4-8,10,16,21H,9,11-15H2,1-3H3,(H,25,30)/t21-/m1/s1. The van der Waals surface area contributed by atoms with Gasteiger partial charge in [-0.1, -0.05) is 19.9 Å². The Morgan fingerprint density at radius 3 is 2.75 bits per heavy atom. The van der Waals surface area contributed by atoms with Crippen LogP contribution in [0, 0.1) is 5.92 Å². The molecule has 9 heteroatoms. The second kappa shape index (κ2) is 10.1. The van der Waals surface area contributed by atoms with Crippen LogP contribution in [-0.2, 0) is 30.9 Å². The molecule has 0 unspecified atom stereocenters. The molecular weight excluding hydrogens is 408 g/mol. The number of methoxy groups -OCH3 is 1. The number of furan rings is 1. The van der Waals surface area contributed by atoms with Crippen LogP contribution in [0.1, 0.15) is 53.5 Å². The Labute approximate surface area is 187 Å². The Balaban J connectivity index is 1.45. The number of hydrogen-bond donors (Lipinski definition) is 1. The molecule has 0 spiro atoms. The minimum Gasteiger partial charge on any atom is -0.462 e. The van der Waals surface area contributed by atoms with Gasteiger partial charge in [0.05, 0.1) is 12.6 Å². The van der Waals surface area contributed by atoms with Crippen LogP contribution in [0.25, 0.3) is 0 Å². The third kappa shape index (κ3) is 5.05. The van der Waals surface area contributed by atoms with Crippen molar-refractivity contribution < 1.29 is 13.9 Å². The van der Waals surface area contributed by atoms with Gasteiger partial charge in [-0.3, -0.25) is 14.7 Å². The third-order valence-corrected chi connectivity index (χ3v) is 5.66. The normalized spacial score (nSPS) is 15.4. The van der Waals surface area contributed by atoms with E-state index in [9.17, 15) is 4.79 Å². The van der Waals surface area contributed by atoms with Gasteiger partial charge in [0.2, 0.25) is 0 Å². The topological polar surface area (TPSA) is 98.3 Å². The van der Waals surface area contributed by atoms with E-state index in [1.165, 1.54) is 0 Å². The molecule has 1 aliphatic rings. The molecule has 4 rings (SSSR count). The van der Waals surface area contributed by atoms with Crippen LogP contribution in [0.5, 0.6) is 0 Å². The lowest BCUT2D eigenvalue weighted by Gasteiger charge is -2.23. The Bertz CT molecular complexity index is 1030. The molecule has 4 heterocycles. The van der Waals surface area contributed by atoms with Gasteiger partial charge in [-0.05, 0) is 30.2 Å². The molecule has 3 aromatic heterocycles. The van der Waals surface area contributed by atoms with Gasteiger partial charge in [0, 0.05) is 39.4 Å². The zero-order valence-electron chi connectivity index (χ0n) is 18.8. The first-order valence-corrected chi connectivity index (χ1v) is 11.0. The van der Waals surface area contributed by atoms with E-state index in [2.05, 4.69) is 43.8 Å². The number of amides is 1. The van der Waals surface area contributed by atoms with Gasteiger partial charge in [-0.25, -0.2) is 0 Å². The van der Waals surface area contributed by atoms with Crippen LogP contribution in [-0.4, -0.2) is 50.8 Å². The van der Waals surface area contributed by atoms with E-state index in [0.29, 0.717) is 12.3 Å². The van der Waals surface area contributed by atoms with Crippen molar-refractivity contribution in [1.29, 1.82) is 0 Å². The van der Waals surface area contributed by atoms with Gasteiger partial charge in [-0.15, -0.1) is 10.2 Å². The number of ether oxygens (including phenoxy) is 1. The fraction of sp³-hybridized carbons (Fsp3) is 0.478. The summed E-state index contributed by atoms with van der Waals surface area (Å²) in [5.74, 6) is 3.44. The largest absolute Gasteiger partial charge is 0.462 e. The van der Waals surface area contributed by atoms with Crippen molar-refractivity contribution in [2.45, 2.75) is 46.0 Å². The van der Waals surface area contributed by atoms with Gasteiger partial charge in [0.1, 0.15) is 29.6 Å². The van der Waals surface area contributed by atoms with Crippen LogP contribution in [0.4, 0.5) is 0 Å². The SMILES string of the molecule is COCc1ccc(CN2CCc3nnc([C@H](NC(=O)c4ccccn4)C(C)C)n3CC2)o1. The van der Waals surface area contributed by atoms with Crippen molar-refractivity contribution in [3.05, 3.63) is 65.4 Å². The summed E-state index contributed by atoms with van der Waals surface area (Å²) >= 11 is 0. The molecule has 0 saturated heterocycles. The highest BCUT2D eigenvalue weighted by Gasteiger charge is 2.28. The predicted octanol–water partition coefficient (Wildman–Crippen LogP) is 2.60. The summed E-state index contributed by atoms with van der Waals surface area (Å²) < 4.78 is 13.1. The number of nitrogens with one attached hydrogen (secondary N) is 1. The lowest BCUT2D eigenvalue weighted by atomic mass is 10.0. The van der Waals surface area contributed by atoms with E-state index in [1.807, 2.05) is 12.1 Å². The molecule has 3 aromatic rings. The quantitative estimate of drug-likeness (QED) is 0.577. The minimum atomic E-state index is -0.251. The molecule has 0 saturated carbocycles. The number of pyridine rings is 1. The smallest absolute Gasteiger partial charge is 0.270 e. The van der Waals surface area contributed by atoms with Gasteiger partial charge in [0.15, 0.2) is 5.82 Å². The first kappa shape index (κ1) is 22.2. The average Bonchev–Trinajstić information content (AvgIpc) is 3.35. The lowest BCUT2D eigenvalue weighted by molar-refractivity contribution is 0.0916. The number of fused-ring (bicyclic) bond motifs is 1. The van der Waals surface area contributed by atoms with Crippen molar-refractivity contribution in [2.75, 3.05) is 20.2 Å². The Hall–Kier alpha value is -3.04. The van der Waals surface area contributed by atoms with Crippen LogP contribution in [0.15, 0.2) is 40.9 Å². The van der Waals surface area contributed by atoms with Gasteiger partial charge in [0.25, 0.3) is 5.91 Å². The maximum atomic E-state index is 12.7. The minimum absolute atomic E-state index is 0.151. The zero-order chi connectivity index (χ0) is 22.5. The number of carbonyl (C=O) groups is 1. The Morgan fingerprint density at radius 1 is 1.16 bits per heavy atom. The molecule has 0 fully saturated rings. The Morgan fingerprint density at radius 2 is 2.00 bits per heavy atom. The van der Waals surface area contributed by atoms with Crippen LogP contribution in [0.3, 0.4) is 0 Å². The molecule has 0 aromatic carbocycles. The molecule has 1 aliphatic heterocycles. The Kier molecular flexibility index (Phi) is 6.96. The summed E-state index contributed by atoms with van der Waals surface area (Å²) in [4.78, 5) is 19.2. The van der Waals surface area contributed by atoms with E-state index in [-0.39, 0.29) is 17.9 Å². The highest BCUT2D eigenvalue weighted by atomic mass is 16.5. The summed E-state index contributed by atoms with van der Waals surface area (Å²) in [6, 6.07) is 9.03. The first-order valence-electron chi connectivity index (χ1n) is 11.0. The number of nitrogens with zero attached hydrogens (tertiary/aromatic N) is 5. The highest BCUT2D eigenvalue weighted by Crippen LogP contribution is 2.23. The van der Waals surface area contributed by atoms with Gasteiger partial charge < -0.3 is 19.0 Å². The van der Waals surface area contributed by atoms with Crippen molar-refractivity contribution >= 4 is 5.91 Å². The number of carbonyl (C=O) groups excluding carboxylic acids is 1. The molecule has 170 valence electrons. The lowest BCUT2D eigenvalue weighted by Crippen LogP contribution is -2.34. The van der Waals surface area contributed by atoms with Crippen LogP contribution < -0.4 is 5.32 Å². The fourth-order valence-electron chi connectivity index (χ4n) is 3.97. The summed E-state index contributed by atoms with van der Waals surface area (Å²) in [6.45, 7) is 7.83. The molecule has 1 amide bonds. The fourth-order valence-corrected chi connectivity index (χ4v) is 3.97. The van der Waals surface area contributed by atoms with Crippen molar-refractivity contribution in [3.8, 4) is 0 Å². The first-order chi connectivity index (χ1) is 15.5. The highest BCUT2D eigenvalue weighted by molar-refractivity contribution is 5.92. The summed E-state index contributed by atoms with van der Waals surface area (Å²) in [5, 5.41) is 12.0. The summed E-state index contributed by atoms with van der Waals surface area (Å²) in [5.41, 5.74) is 0.395. The molecule has 1 N–H and O–H groups in total. The molecule has 1 atom stereocenters. The van der Waals surface area contributed by atoms with E-state index in [1.54, 1.807) is 31.5 Å². The van der Waals surface area contributed by atoms with E-state index < -0.39 is 0 Å². The molecule has 9 nitrogen and oxygen atoms in total. The third-order valence-electron chi connectivity index (χ3n) is 5.66. The predicted molar refractivity (Wildman–Crippen MR) is 118 cm³/mol. The molecule has 0 bridgehead atoms. The molecule has 32 heavy (non-hydrogen) atoms. The van der Waals surface area contributed by atoms with Crippen LogP contribution in [0.2, 0.25) is 0 Å². The number of hydrogen-bond acceptors (Lipinski definition) is 7. The second-order valence-electron chi connectivity index (χ2n) is 8.36. The van der Waals surface area contributed by atoms with Crippen LogP contribution >= 0.6 is 0 Å².